The fourth-order valence-electron chi connectivity index (χ4n) is 2.74. The van der Waals surface area contributed by atoms with E-state index in [0.29, 0.717) is 6.42 Å². The average molecular weight is 278 g/mol. The van der Waals surface area contributed by atoms with Gasteiger partial charge in [-0.1, -0.05) is 20.8 Å². The maximum atomic E-state index is 12.2. The van der Waals surface area contributed by atoms with E-state index in [4.69, 9.17) is 10.8 Å². The van der Waals surface area contributed by atoms with E-state index >= 15 is 0 Å². The molecule has 1 rings (SSSR count). The highest BCUT2D eigenvalue weighted by Gasteiger charge is 2.45. The van der Waals surface area contributed by atoms with Crippen molar-refractivity contribution in [3.63, 3.8) is 0 Å². The number of hydrogen-bond acceptors (Lipinski definition) is 3. The van der Waals surface area contributed by atoms with Gasteiger partial charge in [-0.15, -0.1) is 0 Å². The van der Waals surface area contributed by atoms with Crippen LogP contribution in [-0.4, -0.2) is 36.1 Å². The average Bonchev–Trinajstić information content (AvgIpc) is 2.32. The Bertz CT molecular complexity index is 324. The monoisotopic (exact) mass is 278 g/mol. The normalized spacial score (nSPS) is 32.1. The van der Waals surface area contributed by atoms with Gasteiger partial charge < -0.3 is 16.2 Å². The molecule has 1 aliphatic rings. The van der Waals surface area contributed by atoms with Crippen LogP contribution in [0.5, 0.6) is 0 Å². The van der Waals surface area contributed by atoms with Crippen molar-refractivity contribution in [3.05, 3.63) is 0 Å². The third-order valence-corrected chi connectivity index (χ3v) is 4.60. The minimum Gasteiger partial charge on any atom is -0.385 e. The fourth-order valence-corrected chi connectivity index (χ4v) is 2.74. The van der Waals surface area contributed by atoms with Crippen LogP contribution in [0.15, 0.2) is 0 Å². The maximum absolute atomic E-state index is 12.2. The molecule has 0 spiro atoms. The van der Waals surface area contributed by atoms with Crippen LogP contribution in [0, 0.1) is 17.3 Å². The van der Waals surface area contributed by atoms with E-state index in [1.807, 2.05) is 20.8 Å². The Hall–Kier alpha value is -0.750. The summed E-state index contributed by atoms with van der Waals surface area (Å²) in [5.74, 6) is -0.354. The highest BCUT2D eigenvalue weighted by Crippen LogP contribution is 2.44. The molecule has 4 unspecified atom stereocenters. The molecule has 0 aromatic heterocycles. The van der Waals surface area contributed by atoms with Gasteiger partial charge >= 0.3 is 0 Å². The smallest absolute Gasteiger partial charge is 0.265 e. The molecule has 0 bridgehead atoms. The highest BCUT2D eigenvalue weighted by atomic mass is 19.3. The predicted molar refractivity (Wildman–Crippen MR) is 68.7 cm³/mol. The van der Waals surface area contributed by atoms with Crippen LogP contribution in [-0.2, 0) is 4.79 Å². The third-order valence-electron chi connectivity index (χ3n) is 4.60. The quantitative estimate of drug-likeness (QED) is 0.721. The van der Waals surface area contributed by atoms with E-state index in [-0.39, 0.29) is 29.2 Å². The molecule has 4 atom stereocenters. The topological polar surface area (TPSA) is 75.4 Å². The number of halogens is 2. The van der Waals surface area contributed by atoms with Crippen molar-refractivity contribution in [2.24, 2.45) is 23.0 Å². The molecular formula is C13H24F2N2O2. The van der Waals surface area contributed by atoms with Crippen molar-refractivity contribution in [3.8, 4) is 0 Å². The zero-order chi connectivity index (χ0) is 14.8. The number of rotatable bonds is 4. The molecule has 1 fully saturated rings. The van der Waals surface area contributed by atoms with Crippen LogP contribution in [0.3, 0.4) is 0 Å². The van der Waals surface area contributed by atoms with Crippen LogP contribution in [0.2, 0.25) is 0 Å². The molecule has 1 aliphatic carbocycles. The molecule has 0 aromatic rings. The minimum absolute atomic E-state index is 0.0608. The molecule has 4 nitrogen and oxygen atoms in total. The number of aliphatic hydroxyl groups excluding tert-OH is 1. The Balaban J connectivity index is 2.61. The molecule has 0 aromatic carbocycles. The lowest BCUT2D eigenvalue weighted by atomic mass is 9.61. The van der Waals surface area contributed by atoms with Gasteiger partial charge in [-0.05, 0) is 24.2 Å². The number of amides is 1. The predicted octanol–water partition coefficient (Wildman–Crippen LogP) is 1.13. The first-order valence-corrected chi connectivity index (χ1v) is 6.67. The van der Waals surface area contributed by atoms with E-state index in [1.165, 1.54) is 0 Å². The number of carbonyl (C=O) groups is 1. The van der Waals surface area contributed by atoms with Crippen LogP contribution in [0.4, 0.5) is 8.78 Å². The second-order valence-electron chi connectivity index (χ2n) is 6.05. The molecular weight excluding hydrogens is 254 g/mol. The van der Waals surface area contributed by atoms with Gasteiger partial charge in [0.2, 0.25) is 5.91 Å². The lowest BCUT2D eigenvalue weighted by molar-refractivity contribution is -0.133. The summed E-state index contributed by atoms with van der Waals surface area (Å²) in [6.45, 7) is 5.55. The summed E-state index contributed by atoms with van der Waals surface area (Å²) in [7, 11) is 0. The first-order chi connectivity index (χ1) is 8.67. The van der Waals surface area contributed by atoms with Crippen molar-refractivity contribution in [2.45, 2.75) is 52.2 Å². The van der Waals surface area contributed by atoms with Crippen LogP contribution >= 0.6 is 0 Å². The number of nitrogens with two attached hydrogens (primary N) is 1. The lowest BCUT2D eigenvalue weighted by Gasteiger charge is -2.46. The summed E-state index contributed by atoms with van der Waals surface area (Å²) < 4.78 is 24.3. The second-order valence-corrected chi connectivity index (χ2v) is 6.05. The summed E-state index contributed by atoms with van der Waals surface area (Å²) in [6.07, 6.45) is -3.25. The first-order valence-electron chi connectivity index (χ1n) is 6.67. The molecule has 0 heterocycles. The molecule has 1 saturated carbocycles. The third kappa shape index (κ3) is 3.63. The molecule has 1 amide bonds. The summed E-state index contributed by atoms with van der Waals surface area (Å²) in [4.78, 5) is 12.1. The minimum atomic E-state index is -2.84. The number of nitrogens with one attached hydrogen (secondary N) is 1. The number of carbonyl (C=O) groups excluding carboxylic acids is 1. The van der Waals surface area contributed by atoms with E-state index in [0.717, 1.165) is 6.42 Å². The van der Waals surface area contributed by atoms with Gasteiger partial charge in [-0.25, -0.2) is 8.78 Å². The number of aliphatic hydroxyl groups is 1. The van der Waals surface area contributed by atoms with Gasteiger partial charge in [0, 0.05) is 18.5 Å². The molecule has 0 aliphatic heterocycles. The standard InChI is InChI=1S/C13H24F2N2O2/c1-7-9(16)5-4-8(13(7,2)3)12(19)17-6-10(18)11(14)15/h7-11,18H,4-6,16H2,1-3H3,(H,17,19). The van der Waals surface area contributed by atoms with E-state index in [9.17, 15) is 13.6 Å². The van der Waals surface area contributed by atoms with Gasteiger partial charge in [0.15, 0.2) is 0 Å². The Labute approximate surface area is 112 Å². The Morgan fingerprint density at radius 2 is 2.05 bits per heavy atom. The maximum Gasteiger partial charge on any atom is 0.265 e. The molecule has 0 radical (unpaired) electrons. The largest absolute Gasteiger partial charge is 0.385 e. The van der Waals surface area contributed by atoms with Crippen molar-refractivity contribution >= 4 is 5.91 Å². The summed E-state index contributed by atoms with van der Waals surface area (Å²) in [6, 6.07) is 0.0608. The Kier molecular flexibility index (Phi) is 5.26. The van der Waals surface area contributed by atoms with Crippen molar-refractivity contribution in [1.29, 1.82) is 0 Å². The number of alkyl halides is 2. The molecule has 0 saturated heterocycles. The summed E-state index contributed by atoms with van der Waals surface area (Å²) >= 11 is 0. The zero-order valence-corrected chi connectivity index (χ0v) is 11.7. The summed E-state index contributed by atoms with van der Waals surface area (Å²) in [5, 5.41) is 11.4. The van der Waals surface area contributed by atoms with Crippen molar-refractivity contribution in [2.75, 3.05) is 6.54 Å². The van der Waals surface area contributed by atoms with Crippen molar-refractivity contribution in [1.82, 2.24) is 5.32 Å². The van der Waals surface area contributed by atoms with E-state index < -0.39 is 19.1 Å². The Morgan fingerprint density at radius 3 is 2.58 bits per heavy atom. The van der Waals surface area contributed by atoms with E-state index in [2.05, 4.69) is 5.32 Å². The zero-order valence-electron chi connectivity index (χ0n) is 11.7. The molecule has 19 heavy (non-hydrogen) atoms. The van der Waals surface area contributed by atoms with Gasteiger partial charge in [0.25, 0.3) is 6.43 Å². The van der Waals surface area contributed by atoms with Gasteiger partial charge in [-0.3, -0.25) is 4.79 Å². The lowest BCUT2D eigenvalue weighted by Crippen LogP contribution is -2.52. The number of hydrogen-bond donors (Lipinski definition) is 3. The molecule has 112 valence electrons. The fraction of sp³-hybridized carbons (Fsp3) is 0.923. The van der Waals surface area contributed by atoms with Crippen molar-refractivity contribution < 1.29 is 18.7 Å². The van der Waals surface area contributed by atoms with Gasteiger partial charge in [0.1, 0.15) is 6.10 Å². The summed E-state index contributed by atoms with van der Waals surface area (Å²) in [5.41, 5.74) is 5.73. The van der Waals surface area contributed by atoms with Gasteiger partial charge in [-0.2, -0.15) is 0 Å². The van der Waals surface area contributed by atoms with Crippen LogP contribution < -0.4 is 11.1 Å². The molecule has 4 N–H and O–H groups in total. The SMILES string of the molecule is CC1C(N)CCC(C(=O)NCC(O)C(F)F)C1(C)C. The van der Waals surface area contributed by atoms with Gasteiger partial charge in [0.05, 0.1) is 0 Å². The van der Waals surface area contributed by atoms with Crippen LogP contribution in [0.25, 0.3) is 0 Å². The second kappa shape index (κ2) is 6.13. The highest BCUT2D eigenvalue weighted by molar-refractivity contribution is 5.79. The molecule has 6 heteroatoms. The first kappa shape index (κ1) is 16.3. The van der Waals surface area contributed by atoms with Crippen LogP contribution in [0.1, 0.15) is 33.6 Å². The van der Waals surface area contributed by atoms with E-state index in [1.54, 1.807) is 0 Å². The Morgan fingerprint density at radius 1 is 1.47 bits per heavy atom.